The zero-order valence-electron chi connectivity index (χ0n) is 25.1. The third-order valence-electron chi connectivity index (χ3n) is 8.61. The molecule has 0 aliphatic carbocycles. The van der Waals surface area contributed by atoms with Gasteiger partial charge in [-0.05, 0) is 69.9 Å². The molecule has 43 heavy (non-hydrogen) atoms. The SMILES string of the molecule is COC(=O)Nc1ccc(-c2c[nH]c(C3NCC(N4CCC(N(C(=O)O)C(C)(C)C)CC4)CC3c3ccc(F)cc3)n2)cc1. The molecule has 0 saturated carbocycles. The maximum Gasteiger partial charge on any atom is 0.411 e. The van der Waals surface area contributed by atoms with Gasteiger partial charge in [0.25, 0.3) is 0 Å². The lowest BCUT2D eigenvalue weighted by Crippen LogP contribution is -2.57. The predicted molar refractivity (Wildman–Crippen MR) is 163 cm³/mol. The van der Waals surface area contributed by atoms with Gasteiger partial charge in [0.05, 0.1) is 18.8 Å². The Hall–Kier alpha value is -3.96. The number of imidazole rings is 1. The Morgan fingerprint density at radius 3 is 2.37 bits per heavy atom. The van der Waals surface area contributed by atoms with Crippen LogP contribution in [0.5, 0.6) is 0 Å². The van der Waals surface area contributed by atoms with Crippen molar-refractivity contribution in [2.75, 3.05) is 32.1 Å². The number of carbonyl (C=O) groups excluding carboxylic acids is 1. The van der Waals surface area contributed by atoms with Gasteiger partial charge < -0.3 is 25.0 Å². The Morgan fingerprint density at radius 1 is 1.09 bits per heavy atom. The van der Waals surface area contributed by atoms with Crippen LogP contribution < -0.4 is 10.6 Å². The van der Waals surface area contributed by atoms with Crippen molar-refractivity contribution in [3.8, 4) is 11.3 Å². The van der Waals surface area contributed by atoms with E-state index >= 15 is 0 Å². The lowest BCUT2D eigenvalue weighted by atomic mass is 9.81. The number of hydrogen-bond acceptors (Lipinski definition) is 6. The predicted octanol–water partition coefficient (Wildman–Crippen LogP) is 5.82. The summed E-state index contributed by atoms with van der Waals surface area (Å²) < 4.78 is 18.5. The number of hydrogen-bond donors (Lipinski definition) is 4. The number of ether oxygens (including phenoxy) is 1. The molecule has 3 heterocycles. The van der Waals surface area contributed by atoms with Crippen molar-refractivity contribution < 1.29 is 23.8 Å². The first kappa shape index (κ1) is 30.5. The van der Waals surface area contributed by atoms with E-state index in [1.54, 1.807) is 17.0 Å². The first-order chi connectivity index (χ1) is 20.5. The normalized spacial score (nSPS) is 21.7. The molecule has 2 amide bonds. The van der Waals surface area contributed by atoms with Crippen molar-refractivity contribution in [2.45, 2.75) is 69.6 Å². The average molecular weight is 593 g/mol. The fourth-order valence-electron chi connectivity index (χ4n) is 6.56. The number of anilines is 1. The number of carbonyl (C=O) groups is 2. The number of H-pyrrole nitrogens is 1. The molecule has 2 aromatic carbocycles. The number of aromatic nitrogens is 2. The van der Waals surface area contributed by atoms with Crippen molar-refractivity contribution in [1.82, 2.24) is 25.1 Å². The zero-order valence-corrected chi connectivity index (χ0v) is 25.1. The fraction of sp³-hybridized carbons (Fsp3) is 0.469. The van der Waals surface area contributed by atoms with Crippen LogP contribution in [-0.2, 0) is 4.74 Å². The van der Waals surface area contributed by atoms with Crippen LogP contribution in [-0.4, -0.2) is 81.4 Å². The van der Waals surface area contributed by atoms with E-state index in [-0.39, 0.29) is 29.9 Å². The molecule has 3 atom stereocenters. The van der Waals surface area contributed by atoms with Crippen LogP contribution in [0.4, 0.5) is 19.7 Å². The summed E-state index contributed by atoms with van der Waals surface area (Å²) in [6, 6.07) is 14.3. The summed E-state index contributed by atoms with van der Waals surface area (Å²) >= 11 is 0. The van der Waals surface area contributed by atoms with Crippen molar-refractivity contribution in [2.24, 2.45) is 0 Å². The molecule has 2 aliphatic rings. The number of aromatic amines is 1. The Labute approximate surface area is 251 Å². The minimum atomic E-state index is -0.865. The van der Waals surface area contributed by atoms with Gasteiger partial charge in [-0.3, -0.25) is 10.2 Å². The van der Waals surface area contributed by atoms with Gasteiger partial charge in [0.2, 0.25) is 0 Å². The van der Waals surface area contributed by atoms with Crippen molar-refractivity contribution in [3.63, 3.8) is 0 Å². The van der Waals surface area contributed by atoms with E-state index < -0.39 is 17.7 Å². The number of piperidine rings is 2. The first-order valence-corrected chi connectivity index (χ1v) is 14.8. The van der Waals surface area contributed by atoms with Crippen molar-refractivity contribution in [3.05, 3.63) is 71.9 Å². The standard InChI is InChI=1S/C32H41FN6O4/c1-32(2,3)39(31(41)42)24-13-15-38(16-14-24)25-17-26(20-5-9-22(33)10-6-20)28(34-18-25)29-35-19-27(37-29)21-7-11-23(12-8-21)36-30(40)43-4/h5-12,19,24-26,28,34H,13-18H2,1-4H3,(H,35,37)(H,36,40)(H,41,42). The molecule has 2 aliphatic heterocycles. The highest BCUT2D eigenvalue weighted by Gasteiger charge is 2.40. The number of methoxy groups -OCH3 is 1. The van der Waals surface area contributed by atoms with Crippen LogP contribution in [0, 0.1) is 5.82 Å². The molecule has 11 heteroatoms. The quantitative estimate of drug-likeness (QED) is 0.284. The summed E-state index contributed by atoms with van der Waals surface area (Å²) in [6.45, 7) is 8.25. The van der Waals surface area contributed by atoms with Gasteiger partial charge in [-0.1, -0.05) is 24.3 Å². The van der Waals surface area contributed by atoms with E-state index in [1.165, 1.54) is 19.2 Å². The molecule has 0 bridgehead atoms. The maximum atomic E-state index is 13.9. The lowest BCUT2D eigenvalue weighted by molar-refractivity contribution is 0.0275. The topological polar surface area (TPSA) is 123 Å². The highest BCUT2D eigenvalue weighted by molar-refractivity contribution is 5.84. The van der Waals surface area contributed by atoms with Gasteiger partial charge >= 0.3 is 12.2 Å². The largest absolute Gasteiger partial charge is 0.465 e. The first-order valence-electron chi connectivity index (χ1n) is 14.8. The molecule has 1 aromatic heterocycles. The number of carboxylic acid groups (broad SMARTS) is 1. The molecule has 3 unspecified atom stereocenters. The Balaban J connectivity index is 1.31. The highest BCUT2D eigenvalue weighted by Crippen LogP contribution is 2.39. The van der Waals surface area contributed by atoms with E-state index in [2.05, 4.69) is 25.3 Å². The van der Waals surface area contributed by atoms with Gasteiger partial charge in [0.1, 0.15) is 11.6 Å². The molecule has 2 fully saturated rings. The average Bonchev–Trinajstić information content (AvgIpc) is 3.47. The number of likely N-dealkylation sites (tertiary alicyclic amines) is 1. The second-order valence-corrected chi connectivity index (χ2v) is 12.4. The van der Waals surface area contributed by atoms with Gasteiger partial charge in [0, 0.05) is 60.6 Å². The second-order valence-electron chi connectivity index (χ2n) is 12.4. The Kier molecular flexibility index (Phi) is 9.03. The molecule has 0 radical (unpaired) electrons. The molecular weight excluding hydrogens is 551 g/mol. The maximum absolute atomic E-state index is 13.9. The molecular formula is C32H41FN6O4. The van der Waals surface area contributed by atoms with Crippen LogP contribution in [0.3, 0.4) is 0 Å². The van der Waals surface area contributed by atoms with Crippen LogP contribution >= 0.6 is 0 Å². The zero-order chi connectivity index (χ0) is 30.7. The van der Waals surface area contributed by atoms with Gasteiger partial charge in [-0.2, -0.15) is 0 Å². The minimum Gasteiger partial charge on any atom is -0.465 e. The number of nitrogens with zero attached hydrogens (tertiary/aromatic N) is 3. The smallest absolute Gasteiger partial charge is 0.411 e. The van der Waals surface area contributed by atoms with E-state index in [0.717, 1.165) is 61.5 Å². The summed E-state index contributed by atoms with van der Waals surface area (Å²) in [5, 5.41) is 16.2. The number of halogens is 1. The van der Waals surface area contributed by atoms with E-state index in [9.17, 15) is 19.1 Å². The molecule has 10 nitrogen and oxygen atoms in total. The minimum absolute atomic E-state index is 0.00204. The number of benzene rings is 2. The van der Waals surface area contributed by atoms with Crippen molar-refractivity contribution >= 4 is 17.9 Å². The molecule has 2 saturated heterocycles. The van der Waals surface area contributed by atoms with Gasteiger partial charge in [-0.25, -0.2) is 19.0 Å². The van der Waals surface area contributed by atoms with Gasteiger partial charge in [-0.15, -0.1) is 0 Å². The number of amides is 2. The lowest BCUT2D eigenvalue weighted by Gasteiger charge is -2.47. The van der Waals surface area contributed by atoms with Crippen LogP contribution in [0.25, 0.3) is 11.3 Å². The molecule has 0 spiro atoms. The van der Waals surface area contributed by atoms with Crippen LogP contribution in [0.2, 0.25) is 0 Å². The fourth-order valence-corrected chi connectivity index (χ4v) is 6.56. The van der Waals surface area contributed by atoms with E-state index in [0.29, 0.717) is 5.69 Å². The second kappa shape index (κ2) is 12.7. The summed E-state index contributed by atoms with van der Waals surface area (Å²) in [5.41, 5.74) is 2.90. The Morgan fingerprint density at radius 2 is 1.77 bits per heavy atom. The molecule has 5 rings (SSSR count). The highest BCUT2D eigenvalue weighted by atomic mass is 19.1. The van der Waals surface area contributed by atoms with Crippen molar-refractivity contribution in [1.29, 1.82) is 0 Å². The Bertz CT molecular complexity index is 1400. The monoisotopic (exact) mass is 592 g/mol. The summed E-state index contributed by atoms with van der Waals surface area (Å²) in [7, 11) is 1.32. The summed E-state index contributed by atoms with van der Waals surface area (Å²) in [5.74, 6) is 0.586. The third kappa shape index (κ3) is 7.00. The van der Waals surface area contributed by atoms with E-state index in [1.807, 2.05) is 51.2 Å². The van der Waals surface area contributed by atoms with E-state index in [4.69, 9.17) is 4.98 Å². The third-order valence-corrected chi connectivity index (χ3v) is 8.61. The van der Waals surface area contributed by atoms with Crippen LogP contribution in [0.15, 0.2) is 54.7 Å². The van der Waals surface area contributed by atoms with Gasteiger partial charge in [0.15, 0.2) is 0 Å². The molecule has 4 N–H and O–H groups in total. The summed E-state index contributed by atoms with van der Waals surface area (Å²) in [6.07, 6.45) is 2.93. The van der Waals surface area contributed by atoms with Crippen LogP contribution in [0.1, 0.15) is 63.4 Å². The number of nitrogens with one attached hydrogen (secondary N) is 3. The number of rotatable bonds is 6. The molecule has 230 valence electrons. The molecule has 3 aromatic rings. The summed E-state index contributed by atoms with van der Waals surface area (Å²) in [4.78, 5) is 35.9.